The van der Waals surface area contributed by atoms with Crippen LogP contribution in [0.3, 0.4) is 0 Å². The molecule has 0 unspecified atom stereocenters. The van der Waals surface area contributed by atoms with Gasteiger partial charge in [-0.25, -0.2) is 0 Å². The van der Waals surface area contributed by atoms with Crippen LogP contribution >= 0.6 is 0 Å². The van der Waals surface area contributed by atoms with E-state index in [9.17, 15) is 4.79 Å². The first-order chi connectivity index (χ1) is 17.1. The standard InChI is InChI=1S/C29H35N3O3/c1-31(29(33)24-14-16-30-17-15-24)18-6-7-19-32-20-26(27(32)21-34-2)23-12-10-22(11-13-23)25-8-4-5-9-28(25)35-3/h4-5,8-17,26-27H,6-7,18-21H2,1-3H3/t26-,27+/m0/s1. The molecule has 0 saturated carbocycles. The summed E-state index contributed by atoms with van der Waals surface area (Å²) < 4.78 is 11.1. The number of hydrogen-bond acceptors (Lipinski definition) is 5. The minimum absolute atomic E-state index is 0.0465. The fourth-order valence-electron chi connectivity index (χ4n) is 4.88. The van der Waals surface area contributed by atoms with Crippen LogP contribution in [0.5, 0.6) is 5.75 Å². The minimum Gasteiger partial charge on any atom is -0.496 e. The highest BCUT2D eigenvalue weighted by molar-refractivity contribution is 5.93. The van der Waals surface area contributed by atoms with Crippen molar-refractivity contribution in [1.82, 2.24) is 14.8 Å². The summed E-state index contributed by atoms with van der Waals surface area (Å²) in [5.74, 6) is 1.41. The number of aromatic nitrogens is 1. The zero-order chi connectivity index (χ0) is 24.6. The molecule has 1 aliphatic heterocycles. The monoisotopic (exact) mass is 473 g/mol. The van der Waals surface area contributed by atoms with E-state index in [1.165, 1.54) is 5.56 Å². The number of ether oxygens (including phenoxy) is 2. The van der Waals surface area contributed by atoms with Gasteiger partial charge in [-0.2, -0.15) is 0 Å². The highest BCUT2D eigenvalue weighted by atomic mass is 16.5. The van der Waals surface area contributed by atoms with Gasteiger partial charge in [0.25, 0.3) is 5.91 Å². The summed E-state index contributed by atoms with van der Waals surface area (Å²) in [5, 5.41) is 0. The molecule has 0 N–H and O–H groups in total. The molecular formula is C29H35N3O3. The number of carbonyl (C=O) groups is 1. The lowest BCUT2D eigenvalue weighted by atomic mass is 9.82. The molecule has 2 heterocycles. The maximum Gasteiger partial charge on any atom is 0.253 e. The average Bonchev–Trinajstić information content (AvgIpc) is 2.91. The van der Waals surface area contributed by atoms with Gasteiger partial charge >= 0.3 is 0 Å². The second-order valence-electron chi connectivity index (χ2n) is 9.12. The molecule has 6 heteroatoms. The van der Waals surface area contributed by atoms with Crippen molar-refractivity contribution in [2.45, 2.75) is 24.8 Å². The highest BCUT2D eigenvalue weighted by Gasteiger charge is 2.39. The number of benzene rings is 2. The average molecular weight is 474 g/mol. The number of para-hydroxylation sites is 1. The van der Waals surface area contributed by atoms with Crippen molar-refractivity contribution < 1.29 is 14.3 Å². The van der Waals surface area contributed by atoms with Crippen LogP contribution in [-0.4, -0.2) is 74.2 Å². The van der Waals surface area contributed by atoms with E-state index in [-0.39, 0.29) is 5.91 Å². The van der Waals surface area contributed by atoms with Crippen molar-refractivity contribution in [1.29, 1.82) is 0 Å². The zero-order valence-corrected chi connectivity index (χ0v) is 20.9. The third kappa shape index (κ3) is 5.89. The lowest BCUT2D eigenvalue weighted by Gasteiger charge is -2.48. The summed E-state index contributed by atoms with van der Waals surface area (Å²) in [6, 6.07) is 20.9. The molecular weight excluding hydrogens is 438 g/mol. The van der Waals surface area contributed by atoms with Gasteiger partial charge in [0.15, 0.2) is 0 Å². The second-order valence-corrected chi connectivity index (χ2v) is 9.12. The van der Waals surface area contributed by atoms with Crippen LogP contribution in [0.1, 0.15) is 34.7 Å². The predicted molar refractivity (Wildman–Crippen MR) is 139 cm³/mol. The van der Waals surface area contributed by atoms with E-state index < -0.39 is 0 Å². The molecule has 2 atom stereocenters. The minimum atomic E-state index is 0.0465. The molecule has 0 radical (unpaired) electrons. The van der Waals surface area contributed by atoms with Crippen molar-refractivity contribution in [2.75, 3.05) is 47.5 Å². The van der Waals surface area contributed by atoms with Crippen molar-refractivity contribution in [3.63, 3.8) is 0 Å². The van der Waals surface area contributed by atoms with E-state index in [2.05, 4.69) is 40.2 Å². The van der Waals surface area contributed by atoms with Crippen LogP contribution in [-0.2, 0) is 4.74 Å². The number of likely N-dealkylation sites (tertiary alicyclic amines) is 1. The molecule has 35 heavy (non-hydrogen) atoms. The number of carbonyl (C=O) groups excluding carboxylic acids is 1. The van der Waals surface area contributed by atoms with E-state index in [1.807, 2.05) is 25.2 Å². The maximum atomic E-state index is 12.5. The van der Waals surface area contributed by atoms with Crippen LogP contribution in [0.15, 0.2) is 73.1 Å². The summed E-state index contributed by atoms with van der Waals surface area (Å²) in [4.78, 5) is 20.8. The molecule has 1 saturated heterocycles. The largest absolute Gasteiger partial charge is 0.496 e. The van der Waals surface area contributed by atoms with E-state index >= 15 is 0 Å². The Morgan fingerprint density at radius 2 is 1.77 bits per heavy atom. The molecule has 184 valence electrons. The fraction of sp³-hybridized carbons (Fsp3) is 0.379. The number of methoxy groups -OCH3 is 2. The summed E-state index contributed by atoms with van der Waals surface area (Å²) in [6.45, 7) is 3.52. The Morgan fingerprint density at radius 3 is 2.49 bits per heavy atom. The summed E-state index contributed by atoms with van der Waals surface area (Å²) in [5.41, 5.74) is 4.31. The van der Waals surface area contributed by atoms with E-state index in [4.69, 9.17) is 9.47 Å². The Morgan fingerprint density at radius 1 is 1.03 bits per heavy atom. The summed E-state index contributed by atoms with van der Waals surface area (Å²) in [7, 11) is 5.35. The van der Waals surface area contributed by atoms with Gasteiger partial charge in [0, 0.05) is 62.7 Å². The van der Waals surface area contributed by atoms with Crippen molar-refractivity contribution in [3.05, 3.63) is 84.2 Å². The van der Waals surface area contributed by atoms with Gasteiger partial charge in [0.2, 0.25) is 0 Å². The van der Waals surface area contributed by atoms with E-state index in [0.717, 1.165) is 56.0 Å². The molecule has 2 aromatic carbocycles. The molecule has 1 fully saturated rings. The molecule has 1 amide bonds. The molecule has 3 aromatic rings. The third-order valence-corrected chi connectivity index (χ3v) is 6.92. The maximum absolute atomic E-state index is 12.5. The Kier molecular flexibility index (Phi) is 8.50. The number of pyridine rings is 1. The molecule has 0 spiro atoms. The lowest BCUT2D eigenvalue weighted by Crippen LogP contribution is -2.56. The molecule has 1 aliphatic rings. The van der Waals surface area contributed by atoms with Crippen LogP contribution in [0.2, 0.25) is 0 Å². The second kappa shape index (κ2) is 12.0. The first-order valence-corrected chi connectivity index (χ1v) is 12.2. The fourth-order valence-corrected chi connectivity index (χ4v) is 4.88. The number of nitrogens with zero attached hydrogens (tertiary/aromatic N) is 3. The van der Waals surface area contributed by atoms with Gasteiger partial charge in [-0.3, -0.25) is 14.7 Å². The molecule has 6 nitrogen and oxygen atoms in total. The summed E-state index contributed by atoms with van der Waals surface area (Å²) in [6.07, 6.45) is 5.34. The Bertz CT molecular complexity index is 1090. The Labute approximate surface area is 208 Å². The SMILES string of the molecule is COC[C@@H]1[C@H](c2ccc(-c3ccccc3OC)cc2)CN1CCCCN(C)C(=O)c1ccncc1. The normalized spacial score (nSPS) is 17.6. The van der Waals surface area contributed by atoms with E-state index in [0.29, 0.717) is 17.5 Å². The first-order valence-electron chi connectivity index (χ1n) is 12.2. The van der Waals surface area contributed by atoms with Crippen molar-refractivity contribution in [3.8, 4) is 16.9 Å². The zero-order valence-electron chi connectivity index (χ0n) is 20.9. The van der Waals surface area contributed by atoms with Gasteiger partial charge in [-0.05, 0) is 48.7 Å². The van der Waals surface area contributed by atoms with Crippen molar-refractivity contribution >= 4 is 5.91 Å². The first kappa shape index (κ1) is 24.9. The van der Waals surface area contributed by atoms with E-state index in [1.54, 1.807) is 43.6 Å². The quantitative estimate of drug-likeness (QED) is 0.377. The number of hydrogen-bond donors (Lipinski definition) is 0. The van der Waals surface area contributed by atoms with Gasteiger partial charge < -0.3 is 14.4 Å². The predicted octanol–water partition coefficient (Wildman–Crippen LogP) is 4.72. The van der Waals surface area contributed by atoms with Gasteiger partial charge in [0.05, 0.1) is 13.7 Å². The topological polar surface area (TPSA) is 54.9 Å². The van der Waals surface area contributed by atoms with Gasteiger partial charge in [0.1, 0.15) is 5.75 Å². The van der Waals surface area contributed by atoms with Gasteiger partial charge in [-0.1, -0.05) is 42.5 Å². The van der Waals surface area contributed by atoms with Crippen LogP contribution in [0.25, 0.3) is 11.1 Å². The van der Waals surface area contributed by atoms with Crippen LogP contribution < -0.4 is 4.74 Å². The highest BCUT2D eigenvalue weighted by Crippen LogP contribution is 2.36. The third-order valence-electron chi connectivity index (χ3n) is 6.92. The van der Waals surface area contributed by atoms with Crippen LogP contribution in [0.4, 0.5) is 0 Å². The number of amides is 1. The summed E-state index contributed by atoms with van der Waals surface area (Å²) >= 11 is 0. The smallest absolute Gasteiger partial charge is 0.253 e. The molecule has 1 aromatic heterocycles. The van der Waals surface area contributed by atoms with Crippen molar-refractivity contribution in [2.24, 2.45) is 0 Å². The number of rotatable bonds is 11. The van der Waals surface area contributed by atoms with Crippen LogP contribution in [0, 0.1) is 0 Å². The number of unbranched alkanes of at least 4 members (excludes halogenated alkanes) is 1. The molecule has 0 bridgehead atoms. The molecule has 0 aliphatic carbocycles. The van der Waals surface area contributed by atoms with Gasteiger partial charge in [-0.15, -0.1) is 0 Å². The Hall–Kier alpha value is -3.22. The lowest BCUT2D eigenvalue weighted by molar-refractivity contribution is 0.000382. The molecule has 4 rings (SSSR count). The Balaban J connectivity index is 1.28.